The molecule has 2 aromatic rings. The zero-order valence-corrected chi connectivity index (χ0v) is 14.4. The first-order valence-electron chi connectivity index (χ1n) is 6.66. The molecule has 120 valence electrons. The standard InChI is InChI=1S/C16H13Cl3N2O2/c1-10(22)21(15-8-11(17)6-7-13(15)19)9-16(23)20-14-5-3-2-4-12(14)18/h2-8H,9H2,1H3,(H,20,23). The third-order valence-electron chi connectivity index (χ3n) is 3.03. The maximum absolute atomic E-state index is 12.2. The minimum Gasteiger partial charge on any atom is -0.323 e. The molecule has 4 nitrogen and oxygen atoms in total. The first-order valence-corrected chi connectivity index (χ1v) is 7.79. The van der Waals surface area contributed by atoms with Crippen molar-refractivity contribution >= 4 is 58.0 Å². The Kier molecular flexibility index (Phi) is 5.88. The minimum absolute atomic E-state index is 0.208. The lowest BCUT2D eigenvalue weighted by molar-refractivity contribution is -0.120. The number of anilines is 2. The normalized spacial score (nSPS) is 10.3. The third-order valence-corrected chi connectivity index (χ3v) is 3.91. The summed E-state index contributed by atoms with van der Waals surface area (Å²) in [4.78, 5) is 25.3. The van der Waals surface area contributed by atoms with Gasteiger partial charge in [-0.3, -0.25) is 9.59 Å². The van der Waals surface area contributed by atoms with Crippen molar-refractivity contribution in [3.8, 4) is 0 Å². The van der Waals surface area contributed by atoms with Crippen molar-refractivity contribution in [2.45, 2.75) is 6.92 Å². The van der Waals surface area contributed by atoms with Crippen molar-refractivity contribution in [2.24, 2.45) is 0 Å². The number of hydrogen-bond donors (Lipinski definition) is 1. The number of carbonyl (C=O) groups is 2. The fraction of sp³-hybridized carbons (Fsp3) is 0.125. The highest BCUT2D eigenvalue weighted by atomic mass is 35.5. The largest absolute Gasteiger partial charge is 0.323 e. The molecule has 1 N–H and O–H groups in total. The zero-order valence-electron chi connectivity index (χ0n) is 12.1. The molecule has 0 aliphatic rings. The fourth-order valence-corrected chi connectivity index (χ4v) is 2.52. The summed E-state index contributed by atoms with van der Waals surface area (Å²) in [6.07, 6.45) is 0. The molecule has 0 unspecified atom stereocenters. The topological polar surface area (TPSA) is 49.4 Å². The Morgan fingerprint density at radius 1 is 1.04 bits per heavy atom. The average molecular weight is 372 g/mol. The van der Waals surface area contributed by atoms with E-state index < -0.39 is 5.91 Å². The molecule has 0 atom stereocenters. The third kappa shape index (κ3) is 4.61. The lowest BCUT2D eigenvalue weighted by atomic mass is 10.2. The highest BCUT2D eigenvalue weighted by Gasteiger charge is 2.19. The van der Waals surface area contributed by atoms with Gasteiger partial charge in [-0.15, -0.1) is 0 Å². The molecule has 0 fully saturated rings. The Morgan fingerprint density at radius 2 is 1.74 bits per heavy atom. The van der Waals surface area contributed by atoms with Crippen LogP contribution in [0, 0.1) is 0 Å². The minimum atomic E-state index is -0.399. The predicted molar refractivity (Wildman–Crippen MR) is 94.6 cm³/mol. The average Bonchev–Trinajstić information content (AvgIpc) is 2.49. The molecule has 0 heterocycles. The van der Waals surface area contributed by atoms with Crippen molar-refractivity contribution in [2.75, 3.05) is 16.8 Å². The molecular formula is C16H13Cl3N2O2. The summed E-state index contributed by atoms with van der Waals surface area (Å²) in [6, 6.07) is 11.5. The molecule has 0 aliphatic carbocycles. The van der Waals surface area contributed by atoms with Gasteiger partial charge in [0.2, 0.25) is 11.8 Å². The van der Waals surface area contributed by atoms with Crippen LogP contribution in [-0.2, 0) is 9.59 Å². The summed E-state index contributed by atoms with van der Waals surface area (Å²) in [5.74, 6) is -0.729. The quantitative estimate of drug-likeness (QED) is 0.851. The molecule has 2 aromatic carbocycles. The van der Waals surface area contributed by atoms with E-state index in [-0.39, 0.29) is 12.5 Å². The van der Waals surface area contributed by atoms with Gasteiger partial charge in [0.1, 0.15) is 6.54 Å². The Bertz CT molecular complexity index is 750. The number of nitrogens with zero attached hydrogens (tertiary/aromatic N) is 1. The highest BCUT2D eigenvalue weighted by Crippen LogP contribution is 2.29. The van der Waals surface area contributed by atoms with Crippen LogP contribution in [0.4, 0.5) is 11.4 Å². The van der Waals surface area contributed by atoms with Crippen LogP contribution in [0.3, 0.4) is 0 Å². The summed E-state index contributed by atoms with van der Waals surface area (Å²) in [5, 5.41) is 3.82. The van der Waals surface area contributed by atoms with Gasteiger partial charge in [0.15, 0.2) is 0 Å². The maximum atomic E-state index is 12.2. The summed E-state index contributed by atoms with van der Waals surface area (Å²) < 4.78 is 0. The predicted octanol–water partition coefficient (Wildman–Crippen LogP) is 4.64. The van der Waals surface area contributed by atoms with Crippen LogP contribution in [0.5, 0.6) is 0 Å². The van der Waals surface area contributed by atoms with Crippen LogP contribution in [0.25, 0.3) is 0 Å². The van der Waals surface area contributed by atoms with Gasteiger partial charge < -0.3 is 10.2 Å². The summed E-state index contributed by atoms with van der Waals surface area (Å²) in [7, 11) is 0. The second kappa shape index (κ2) is 7.68. The van der Waals surface area contributed by atoms with Gasteiger partial charge >= 0.3 is 0 Å². The fourth-order valence-electron chi connectivity index (χ4n) is 1.95. The van der Waals surface area contributed by atoms with Crippen molar-refractivity contribution in [1.82, 2.24) is 0 Å². The number of halogens is 3. The van der Waals surface area contributed by atoms with Crippen molar-refractivity contribution < 1.29 is 9.59 Å². The molecular weight excluding hydrogens is 359 g/mol. The number of carbonyl (C=O) groups excluding carboxylic acids is 2. The highest BCUT2D eigenvalue weighted by molar-refractivity contribution is 6.36. The first-order chi connectivity index (χ1) is 10.9. The van der Waals surface area contributed by atoms with Gasteiger partial charge in [-0.1, -0.05) is 46.9 Å². The SMILES string of the molecule is CC(=O)N(CC(=O)Nc1ccccc1Cl)c1cc(Cl)ccc1Cl. The van der Waals surface area contributed by atoms with Gasteiger partial charge in [-0.25, -0.2) is 0 Å². The number of amides is 2. The zero-order chi connectivity index (χ0) is 17.0. The smallest absolute Gasteiger partial charge is 0.244 e. The van der Waals surface area contributed by atoms with E-state index in [2.05, 4.69) is 5.32 Å². The monoisotopic (exact) mass is 370 g/mol. The molecule has 0 bridgehead atoms. The van der Waals surface area contributed by atoms with Gasteiger partial charge in [0.25, 0.3) is 0 Å². The van der Waals surface area contributed by atoms with E-state index in [1.807, 2.05) is 0 Å². The van der Waals surface area contributed by atoms with Crippen LogP contribution < -0.4 is 10.2 Å². The Hall–Kier alpha value is -1.75. The number of nitrogens with one attached hydrogen (secondary N) is 1. The van der Waals surface area contributed by atoms with Crippen LogP contribution >= 0.6 is 34.8 Å². The number of benzene rings is 2. The van der Waals surface area contributed by atoms with E-state index in [0.717, 1.165) is 0 Å². The molecule has 23 heavy (non-hydrogen) atoms. The van der Waals surface area contributed by atoms with Gasteiger partial charge in [-0.2, -0.15) is 0 Å². The maximum Gasteiger partial charge on any atom is 0.244 e. The van der Waals surface area contributed by atoms with E-state index in [9.17, 15) is 9.59 Å². The van der Waals surface area contributed by atoms with Crippen LogP contribution in [0.2, 0.25) is 15.1 Å². The van der Waals surface area contributed by atoms with E-state index in [1.165, 1.54) is 17.9 Å². The Balaban J connectivity index is 2.20. The lowest BCUT2D eigenvalue weighted by Crippen LogP contribution is -2.36. The number of hydrogen-bond acceptors (Lipinski definition) is 2. The van der Waals surface area contributed by atoms with Gasteiger partial charge in [0, 0.05) is 11.9 Å². The molecule has 2 rings (SSSR count). The van der Waals surface area contributed by atoms with E-state index in [0.29, 0.717) is 26.4 Å². The molecule has 2 amide bonds. The van der Waals surface area contributed by atoms with E-state index in [1.54, 1.807) is 36.4 Å². The first kappa shape index (κ1) is 17.6. The van der Waals surface area contributed by atoms with Gasteiger partial charge in [-0.05, 0) is 30.3 Å². The second-order valence-corrected chi connectivity index (χ2v) is 5.98. The number of rotatable bonds is 4. The van der Waals surface area contributed by atoms with Crippen molar-refractivity contribution in [3.63, 3.8) is 0 Å². The van der Waals surface area contributed by atoms with Crippen LogP contribution in [0.15, 0.2) is 42.5 Å². The molecule has 0 aliphatic heterocycles. The molecule has 0 aromatic heterocycles. The summed E-state index contributed by atoms with van der Waals surface area (Å²) in [6.45, 7) is 1.14. The van der Waals surface area contributed by atoms with Crippen molar-refractivity contribution in [3.05, 3.63) is 57.5 Å². The molecule has 0 spiro atoms. The Labute approximate surface area is 148 Å². The second-order valence-electron chi connectivity index (χ2n) is 4.73. The van der Waals surface area contributed by atoms with Crippen LogP contribution in [0.1, 0.15) is 6.92 Å². The van der Waals surface area contributed by atoms with Crippen LogP contribution in [-0.4, -0.2) is 18.4 Å². The van der Waals surface area contributed by atoms with Crippen molar-refractivity contribution in [1.29, 1.82) is 0 Å². The number of para-hydroxylation sites is 1. The molecule has 0 radical (unpaired) electrons. The summed E-state index contributed by atoms with van der Waals surface area (Å²) in [5.41, 5.74) is 0.848. The van der Waals surface area contributed by atoms with Gasteiger partial charge in [0.05, 0.1) is 21.4 Å². The molecule has 0 saturated heterocycles. The lowest BCUT2D eigenvalue weighted by Gasteiger charge is -2.22. The summed E-state index contributed by atoms with van der Waals surface area (Å²) >= 11 is 18.0. The Morgan fingerprint density at radius 3 is 2.39 bits per heavy atom. The molecule has 0 saturated carbocycles. The molecule has 7 heteroatoms. The van der Waals surface area contributed by atoms with E-state index in [4.69, 9.17) is 34.8 Å². The van der Waals surface area contributed by atoms with E-state index >= 15 is 0 Å².